The molecule has 0 rings (SSSR count). The Morgan fingerprint density at radius 1 is 0.317 bits per heavy atom. The SMILES string of the molecule is CCCCCCCCCCCCCCCCCC(=O)N(CC)C(=O)CCCCCCCCCCCCCCCCC. The van der Waals surface area contributed by atoms with Gasteiger partial charge in [0, 0.05) is 19.4 Å². The summed E-state index contributed by atoms with van der Waals surface area (Å²) in [6.07, 6.45) is 41.0. The number of amides is 2. The third-order valence-corrected chi connectivity index (χ3v) is 8.91. The molecule has 0 aromatic heterocycles. The first-order chi connectivity index (χ1) is 20.2. The van der Waals surface area contributed by atoms with Crippen LogP contribution in [0.15, 0.2) is 0 Å². The zero-order valence-corrected chi connectivity index (χ0v) is 28.6. The van der Waals surface area contributed by atoms with Crippen molar-refractivity contribution in [1.82, 2.24) is 4.90 Å². The van der Waals surface area contributed by atoms with E-state index in [2.05, 4.69) is 13.8 Å². The first-order valence-corrected chi connectivity index (χ1v) is 19.0. The van der Waals surface area contributed by atoms with Gasteiger partial charge in [-0.1, -0.05) is 194 Å². The number of carbonyl (C=O) groups is 2. The van der Waals surface area contributed by atoms with Crippen LogP contribution in [0.1, 0.15) is 226 Å². The van der Waals surface area contributed by atoms with Crippen LogP contribution in [0.2, 0.25) is 0 Å². The number of carbonyl (C=O) groups excluding carboxylic acids is 2. The van der Waals surface area contributed by atoms with Crippen LogP contribution in [0.4, 0.5) is 0 Å². The van der Waals surface area contributed by atoms with Gasteiger partial charge in [-0.2, -0.15) is 0 Å². The molecule has 0 aliphatic heterocycles. The summed E-state index contributed by atoms with van der Waals surface area (Å²) in [6, 6.07) is 0. The van der Waals surface area contributed by atoms with Crippen molar-refractivity contribution in [3.8, 4) is 0 Å². The molecular weight excluding hydrogens is 502 g/mol. The van der Waals surface area contributed by atoms with Gasteiger partial charge in [0.25, 0.3) is 0 Å². The topological polar surface area (TPSA) is 37.4 Å². The average molecular weight is 578 g/mol. The van der Waals surface area contributed by atoms with Gasteiger partial charge in [-0.25, -0.2) is 0 Å². The molecule has 2 amide bonds. The highest BCUT2D eigenvalue weighted by atomic mass is 16.2. The Balaban J connectivity index is 3.53. The van der Waals surface area contributed by atoms with Crippen LogP contribution >= 0.6 is 0 Å². The summed E-state index contributed by atoms with van der Waals surface area (Å²) in [6.45, 7) is 7.03. The molecule has 0 aromatic carbocycles. The van der Waals surface area contributed by atoms with E-state index in [0.717, 1.165) is 25.7 Å². The van der Waals surface area contributed by atoms with Crippen LogP contribution in [0, 0.1) is 0 Å². The summed E-state index contributed by atoms with van der Waals surface area (Å²) in [7, 11) is 0. The average Bonchev–Trinajstić information content (AvgIpc) is 2.97. The molecule has 0 spiro atoms. The van der Waals surface area contributed by atoms with Crippen molar-refractivity contribution < 1.29 is 9.59 Å². The molecule has 3 nitrogen and oxygen atoms in total. The summed E-state index contributed by atoms with van der Waals surface area (Å²) in [4.78, 5) is 26.8. The van der Waals surface area contributed by atoms with E-state index in [-0.39, 0.29) is 11.8 Å². The van der Waals surface area contributed by atoms with Gasteiger partial charge in [0.15, 0.2) is 0 Å². The number of imide groups is 1. The van der Waals surface area contributed by atoms with Crippen molar-refractivity contribution >= 4 is 11.8 Å². The minimum absolute atomic E-state index is 0.0492. The van der Waals surface area contributed by atoms with Crippen LogP contribution < -0.4 is 0 Å². The normalized spacial score (nSPS) is 11.3. The van der Waals surface area contributed by atoms with Crippen molar-refractivity contribution in [2.75, 3.05) is 6.54 Å². The predicted octanol–water partition coefficient (Wildman–Crippen LogP) is 12.9. The molecule has 0 bridgehead atoms. The smallest absolute Gasteiger partial charge is 0.229 e. The highest BCUT2D eigenvalue weighted by molar-refractivity contribution is 5.95. The van der Waals surface area contributed by atoms with E-state index < -0.39 is 0 Å². The lowest BCUT2D eigenvalue weighted by molar-refractivity contribution is -0.144. The third-order valence-electron chi connectivity index (χ3n) is 8.91. The zero-order chi connectivity index (χ0) is 30.1. The Hall–Kier alpha value is -0.860. The fraction of sp³-hybridized carbons (Fsp3) is 0.947. The van der Waals surface area contributed by atoms with Gasteiger partial charge >= 0.3 is 0 Å². The zero-order valence-electron chi connectivity index (χ0n) is 28.6. The van der Waals surface area contributed by atoms with E-state index in [9.17, 15) is 9.59 Å². The van der Waals surface area contributed by atoms with Gasteiger partial charge in [0.05, 0.1) is 0 Å². The lowest BCUT2D eigenvalue weighted by Gasteiger charge is -2.19. The van der Waals surface area contributed by atoms with Gasteiger partial charge in [-0.15, -0.1) is 0 Å². The Kier molecular flexibility index (Phi) is 32.9. The molecular formula is C38H75NO2. The van der Waals surface area contributed by atoms with Crippen molar-refractivity contribution in [1.29, 1.82) is 0 Å². The number of hydrogen-bond donors (Lipinski definition) is 0. The molecule has 0 heterocycles. The second-order valence-electron chi connectivity index (χ2n) is 12.9. The second-order valence-corrected chi connectivity index (χ2v) is 12.9. The van der Waals surface area contributed by atoms with E-state index in [1.807, 2.05) is 6.92 Å². The van der Waals surface area contributed by atoms with Crippen LogP contribution in [-0.4, -0.2) is 23.3 Å². The van der Waals surface area contributed by atoms with Crippen molar-refractivity contribution in [2.45, 2.75) is 226 Å². The van der Waals surface area contributed by atoms with Crippen molar-refractivity contribution in [3.63, 3.8) is 0 Å². The molecule has 0 fully saturated rings. The molecule has 0 aliphatic carbocycles. The maximum absolute atomic E-state index is 12.6. The standard InChI is InChI=1S/C38H75NO2/c1-4-7-9-11-13-15-17-19-21-23-25-27-29-31-33-35-37(40)39(6-3)38(41)36-34-32-30-28-26-24-22-20-18-16-14-12-10-8-5-2/h4-36H2,1-3H3. The summed E-state index contributed by atoms with van der Waals surface area (Å²) in [5.74, 6) is 0.0984. The Bertz CT molecular complexity index is 500. The maximum Gasteiger partial charge on any atom is 0.229 e. The molecule has 0 saturated heterocycles. The number of nitrogens with zero attached hydrogens (tertiary/aromatic N) is 1. The first-order valence-electron chi connectivity index (χ1n) is 19.0. The third kappa shape index (κ3) is 29.0. The predicted molar refractivity (Wildman–Crippen MR) is 181 cm³/mol. The van der Waals surface area contributed by atoms with Crippen molar-refractivity contribution in [3.05, 3.63) is 0 Å². The highest BCUT2D eigenvalue weighted by Crippen LogP contribution is 2.16. The number of rotatable bonds is 33. The molecule has 0 aromatic rings. The number of unbranched alkanes of at least 4 members (excludes halogenated alkanes) is 28. The molecule has 244 valence electrons. The summed E-state index contributed by atoms with van der Waals surface area (Å²) in [5, 5.41) is 0. The van der Waals surface area contributed by atoms with E-state index in [1.165, 1.54) is 172 Å². The molecule has 0 N–H and O–H groups in total. The molecule has 0 saturated carbocycles. The second kappa shape index (κ2) is 33.6. The quantitative estimate of drug-likeness (QED) is 0.0727. The monoisotopic (exact) mass is 578 g/mol. The van der Waals surface area contributed by atoms with Crippen LogP contribution in [-0.2, 0) is 9.59 Å². The summed E-state index contributed by atoms with van der Waals surface area (Å²) in [5.41, 5.74) is 0. The fourth-order valence-electron chi connectivity index (χ4n) is 6.06. The largest absolute Gasteiger partial charge is 0.283 e. The van der Waals surface area contributed by atoms with Gasteiger partial charge in [-0.05, 0) is 19.8 Å². The minimum atomic E-state index is 0.0492. The van der Waals surface area contributed by atoms with Crippen LogP contribution in [0.3, 0.4) is 0 Å². The molecule has 0 radical (unpaired) electrons. The van der Waals surface area contributed by atoms with Gasteiger partial charge < -0.3 is 0 Å². The Morgan fingerprint density at radius 2 is 0.512 bits per heavy atom. The molecule has 3 heteroatoms. The maximum atomic E-state index is 12.6. The van der Waals surface area contributed by atoms with Gasteiger partial charge in [-0.3, -0.25) is 14.5 Å². The lowest BCUT2D eigenvalue weighted by Crippen LogP contribution is -2.36. The molecule has 41 heavy (non-hydrogen) atoms. The van der Waals surface area contributed by atoms with Gasteiger partial charge in [0.2, 0.25) is 11.8 Å². The molecule has 0 aliphatic rings. The Labute approximate surface area is 258 Å². The van der Waals surface area contributed by atoms with E-state index >= 15 is 0 Å². The van der Waals surface area contributed by atoms with Crippen LogP contribution in [0.5, 0.6) is 0 Å². The molecule has 0 unspecified atom stereocenters. The summed E-state index contributed by atoms with van der Waals surface area (Å²) >= 11 is 0. The summed E-state index contributed by atoms with van der Waals surface area (Å²) < 4.78 is 0. The van der Waals surface area contributed by atoms with Crippen LogP contribution in [0.25, 0.3) is 0 Å². The Morgan fingerprint density at radius 3 is 0.707 bits per heavy atom. The highest BCUT2D eigenvalue weighted by Gasteiger charge is 2.18. The minimum Gasteiger partial charge on any atom is -0.283 e. The van der Waals surface area contributed by atoms with E-state index in [0.29, 0.717) is 19.4 Å². The van der Waals surface area contributed by atoms with Gasteiger partial charge in [0.1, 0.15) is 0 Å². The van der Waals surface area contributed by atoms with Crippen molar-refractivity contribution in [2.24, 2.45) is 0 Å². The fourth-order valence-corrected chi connectivity index (χ4v) is 6.06. The van der Waals surface area contributed by atoms with E-state index in [1.54, 1.807) is 0 Å². The number of hydrogen-bond acceptors (Lipinski definition) is 2. The molecule has 0 atom stereocenters. The first kappa shape index (κ1) is 40.1. The lowest BCUT2D eigenvalue weighted by atomic mass is 10.0. The van der Waals surface area contributed by atoms with E-state index in [4.69, 9.17) is 0 Å².